The molecule has 0 aliphatic rings. The number of anilines is 2. The molecule has 0 unspecified atom stereocenters. The number of hydrogen-bond donors (Lipinski definition) is 3. The average Bonchev–Trinajstić information content (AvgIpc) is 2.55. The Kier molecular flexibility index (Phi) is 6.08. The summed E-state index contributed by atoms with van der Waals surface area (Å²) < 4.78 is 0.954. The highest BCUT2D eigenvalue weighted by Crippen LogP contribution is 2.15. The minimum Gasteiger partial charge on any atom is -0.386 e. The third-order valence-corrected chi connectivity index (χ3v) is 3.55. The molecule has 2 aromatic rings. The molecule has 0 atom stereocenters. The lowest BCUT2D eigenvalue weighted by Crippen LogP contribution is -2.19. The van der Waals surface area contributed by atoms with Crippen molar-refractivity contribution in [1.29, 1.82) is 0 Å². The predicted molar refractivity (Wildman–Crippen MR) is 103 cm³/mol. The van der Waals surface area contributed by atoms with Crippen LogP contribution in [-0.4, -0.2) is 17.6 Å². The molecule has 2 aromatic carbocycles. The molecule has 0 aromatic heterocycles. The van der Waals surface area contributed by atoms with Crippen molar-refractivity contribution in [2.75, 3.05) is 10.6 Å². The number of nitrogens with one attached hydrogen (secondary N) is 2. The zero-order chi connectivity index (χ0) is 17.5. The van der Waals surface area contributed by atoms with Gasteiger partial charge in [0, 0.05) is 15.8 Å². The van der Waals surface area contributed by atoms with E-state index in [9.17, 15) is 4.79 Å². The van der Waals surface area contributed by atoms with Gasteiger partial charge in [0.1, 0.15) is 5.84 Å². The minimum atomic E-state index is -0.307. The van der Waals surface area contributed by atoms with E-state index in [-0.39, 0.29) is 6.03 Å². The van der Waals surface area contributed by atoms with E-state index in [4.69, 9.17) is 5.73 Å². The molecule has 0 aliphatic heterocycles. The van der Waals surface area contributed by atoms with Crippen LogP contribution in [0.5, 0.6) is 0 Å². The number of urea groups is 1. The third-order valence-electron chi connectivity index (χ3n) is 3.02. The van der Waals surface area contributed by atoms with E-state index in [1.807, 2.05) is 43.3 Å². The fourth-order valence-electron chi connectivity index (χ4n) is 1.83. The summed E-state index contributed by atoms with van der Waals surface area (Å²) in [6.45, 7) is 3.52. The number of amides is 2. The van der Waals surface area contributed by atoms with Crippen molar-refractivity contribution >= 4 is 44.9 Å². The molecule has 0 saturated carbocycles. The molecule has 0 saturated heterocycles. The lowest BCUT2D eigenvalue weighted by molar-refractivity contribution is 0.262. The fraction of sp³-hybridized carbons (Fsp3) is 0.118. The minimum absolute atomic E-state index is 0.307. The smallest absolute Gasteiger partial charge is 0.323 e. The van der Waals surface area contributed by atoms with Crippen LogP contribution >= 0.6 is 15.9 Å². The molecule has 0 bridgehead atoms. The molecule has 0 heterocycles. The highest BCUT2D eigenvalue weighted by Gasteiger charge is 2.04. The van der Waals surface area contributed by atoms with Gasteiger partial charge in [-0.05, 0) is 55.8 Å². The Labute approximate surface area is 149 Å². The Morgan fingerprint density at radius 3 is 1.92 bits per heavy atom. The second-order valence-corrected chi connectivity index (χ2v) is 6.01. The van der Waals surface area contributed by atoms with Gasteiger partial charge in [-0.15, -0.1) is 5.10 Å². The molecule has 0 spiro atoms. The molecule has 2 rings (SSSR count). The predicted octanol–water partition coefficient (Wildman–Crippen LogP) is 4.19. The van der Waals surface area contributed by atoms with E-state index >= 15 is 0 Å². The molecule has 6 nitrogen and oxygen atoms in total. The number of benzene rings is 2. The summed E-state index contributed by atoms with van der Waals surface area (Å²) in [5.41, 5.74) is 8.49. The number of carbonyl (C=O) groups excluding carboxylic acids is 1. The standard InChI is InChI=1S/C17H18BrN5O/c1-11(22-23-12(2)19)13-3-7-15(8-4-13)20-17(24)21-16-9-5-14(18)6-10-16/h3-10H,1-2H3,(H2,19,23)(H2,20,21,24)/b22-11-. The monoisotopic (exact) mass is 387 g/mol. The highest BCUT2D eigenvalue weighted by molar-refractivity contribution is 9.10. The number of carbonyl (C=O) groups is 1. The van der Waals surface area contributed by atoms with Gasteiger partial charge in [-0.25, -0.2) is 4.79 Å². The molecule has 124 valence electrons. The van der Waals surface area contributed by atoms with Crippen molar-refractivity contribution in [3.8, 4) is 0 Å². The van der Waals surface area contributed by atoms with Crippen LogP contribution in [0.15, 0.2) is 63.2 Å². The van der Waals surface area contributed by atoms with Crippen LogP contribution in [0.2, 0.25) is 0 Å². The Bertz CT molecular complexity index is 763. The van der Waals surface area contributed by atoms with Crippen molar-refractivity contribution < 1.29 is 4.79 Å². The first-order valence-electron chi connectivity index (χ1n) is 7.22. The molecule has 4 N–H and O–H groups in total. The third kappa shape index (κ3) is 5.51. The van der Waals surface area contributed by atoms with Crippen LogP contribution in [0.4, 0.5) is 16.2 Å². The number of rotatable bonds is 4. The van der Waals surface area contributed by atoms with Crippen molar-refractivity contribution in [2.45, 2.75) is 13.8 Å². The molecular formula is C17H18BrN5O. The molecular weight excluding hydrogens is 370 g/mol. The zero-order valence-corrected chi connectivity index (χ0v) is 15.0. The van der Waals surface area contributed by atoms with Crippen LogP contribution < -0.4 is 16.4 Å². The van der Waals surface area contributed by atoms with Gasteiger partial charge in [0.15, 0.2) is 0 Å². The summed E-state index contributed by atoms with van der Waals surface area (Å²) in [6, 6.07) is 14.3. The SMILES string of the molecule is CC(N)=N/N=C(/C)c1ccc(NC(=O)Nc2ccc(Br)cc2)cc1. The zero-order valence-electron chi connectivity index (χ0n) is 13.4. The fourth-order valence-corrected chi connectivity index (χ4v) is 2.10. The first kappa shape index (κ1) is 17.7. The topological polar surface area (TPSA) is 91.9 Å². The maximum absolute atomic E-state index is 12.0. The number of nitrogens with two attached hydrogens (primary N) is 1. The Morgan fingerprint density at radius 1 is 0.917 bits per heavy atom. The highest BCUT2D eigenvalue weighted by atomic mass is 79.9. The first-order chi connectivity index (χ1) is 11.4. The lowest BCUT2D eigenvalue weighted by atomic mass is 10.1. The summed E-state index contributed by atoms with van der Waals surface area (Å²) in [5.74, 6) is 0.400. The summed E-state index contributed by atoms with van der Waals surface area (Å²) in [5, 5.41) is 13.4. The summed E-state index contributed by atoms with van der Waals surface area (Å²) >= 11 is 3.35. The lowest BCUT2D eigenvalue weighted by Gasteiger charge is -2.08. The van der Waals surface area contributed by atoms with E-state index in [0.29, 0.717) is 17.2 Å². The van der Waals surface area contributed by atoms with E-state index < -0.39 is 0 Å². The molecule has 7 heteroatoms. The molecule has 2 amide bonds. The van der Waals surface area contributed by atoms with Gasteiger partial charge in [-0.1, -0.05) is 28.1 Å². The van der Waals surface area contributed by atoms with E-state index in [2.05, 4.69) is 36.8 Å². The van der Waals surface area contributed by atoms with E-state index in [1.54, 1.807) is 19.1 Å². The van der Waals surface area contributed by atoms with E-state index in [1.165, 1.54) is 0 Å². The van der Waals surface area contributed by atoms with Crippen LogP contribution in [0, 0.1) is 0 Å². The van der Waals surface area contributed by atoms with Gasteiger partial charge in [0.05, 0.1) is 5.71 Å². The van der Waals surface area contributed by atoms with Gasteiger partial charge < -0.3 is 16.4 Å². The van der Waals surface area contributed by atoms with Gasteiger partial charge >= 0.3 is 6.03 Å². The number of hydrogen-bond acceptors (Lipinski definition) is 3. The average molecular weight is 388 g/mol. The van der Waals surface area contributed by atoms with Crippen LogP contribution in [0.1, 0.15) is 19.4 Å². The molecule has 0 fully saturated rings. The number of amidine groups is 1. The van der Waals surface area contributed by atoms with Crippen LogP contribution in [-0.2, 0) is 0 Å². The quantitative estimate of drug-likeness (QED) is 0.416. The Hall–Kier alpha value is -2.67. The Balaban J connectivity index is 1.98. The van der Waals surface area contributed by atoms with Gasteiger partial charge in [0.25, 0.3) is 0 Å². The number of halogens is 1. The molecule has 24 heavy (non-hydrogen) atoms. The van der Waals surface area contributed by atoms with Crippen molar-refractivity contribution in [2.24, 2.45) is 15.9 Å². The maximum atomic E-state index is 12.0. The van der Waals surface area contributed by atoms with Gasteiger partial charge in [-0.3, -0.25) is 0 Å². The Morgan fingerprint density at radius 2 is 1.42 bits per heavy atom. The van der Waals surface area contributed by atoms with Crippen molar-refractivity contribution in [3.63, 3.8) is 0 Å². The largest absolute Gasteiger partial charge is 0.386 e. The first-order valence-corrected chi connectivity index (χ1v) is 8.01. The van der Waals surface area contributed by atoms with Crippen molar-refractivity contribution in [1.82, 2.24) is 0 Å². The number of nitrogens with zero attached hydrogens (tertiary/aromatic N) is 2. The summed E-state index contributed by atoms with van der Waals surface area (Å²) in [4.78, 5) is 12.0. The second kappa shape index (κ2) is 8.26. The second-order valence-electron chi connectivity index (χ2n) is 5.09. The van der Waals surface area contributed by atoms with Gasteiger partial charge in [0.2, 0.25) is 0 Å². The van der Waals surface area contributed by atoms with Crippen LogP contribution in [0.3, 0.4) is 0 Å². The molecule has 0 radical (unpaired) electrons. The van der Waals surface area contributed by atoms with Crippen molar-refractivity contribution in [3.05, 3.63) is 58.6 Å². The molecule has 0 aliphatic carbocycles. The summed E-state index contributed by atoms with van der Waals surface area (Å²) in [7, 11) is 0. The summed E-state index contributed by atoms with van der Waals surface area (Å²) in [6.07, 6.45) is 0. The van der Waals surface area contributed by atoms with Gasteiger partial charge in [-0.2, -0.15) is 5.10 Å². The maximum Gasteiger partial charge on any atom is 0.323 e. The van der Waals surface area contributed by atoms with Crippen LogP contribution in [0.25, 0.3) is 0 Å². The van der Waals surface area contributed by atoms with E-state index in [0.717, 1.165) is 15.7 Å². The normalized spacial score (nSPS) is 12.0.